The van der Waals surface area contributed by atoms with Gasteiger partial charge in [-0.1, -0.05) is 48.5 Å². The Morgan fingerprint density at radius 1 is 0.684 bits per heavy atom. The highest BCUT2D eigenvalue weighted by Gasteiger charge is 2.02. The van der Waals surface area contributed by atoms with Crippen molar-refractivity contribution >= 4 is 0 Å². The van der Waals surface area contributed by atoms with E-state index in [1.54, 1.807) is 12.3 Å². The van der Waals surface area contributed by atoms with Gasteiger partial charge in [0, 0.05) is 17.3 Å². The van der Waals surface area contributed by atoms with Crippen LogP contribution in [0.5, 0.6) is 0 Å². The summed E-state index contributed by atoms with van der Waals surface area (Å²) in [5.74, 6) is -0.232. The Hall–Kier alpha value is -2.48. The van der Waals surface area contributed by atoms with Crippen LogP contribution >= 0.6 is 0 Å². The van der Waals surface area contributed by atoms with Crippen LogP contribution in [0.1, 0.15) is 0 Å². The van der Waals surface area contributed by atoms with Gasteiger partial charge in [0.15, 0.2) is 0 Å². The third-order valence-electron chi connectivity index (χ3n) is 2.99. The fourth-order valence-corrected chi connectivity index (χ4v) is 2.01. The Bertz CT molecular complexity index is 675. The van der Waals surface area contributed by atoms with Crippen LogP contribution in [0.2, 0.25) is 0 Å². The first kappa shape index (κ1) is 11.6. The minimum Gasteiger partial charge on any atom is -0.256 e. The minimum absolute atomic E-state index is 0.232. The third kappa shape index (κ3) is 2.52. The molecule has 0 atom stereocenters. The maximum absolute atomic E-state index is 13.2. The van der Waals surface area contributed by atoms with Crippen molar-refractivity contribution in [1.29, 1.82) is 0 Å². The van der Waals surface area contributed by atoms with Crippen molar-refractivity contribution in [1.82, 2.24) is 4.98 Å². The van der Waals surface area contributed by atoms with Gasteiger partial charge in [-0.2, -0.15) is 0 Å². The number of hydrogen-bond donors (Lipinski definition) is 0. The Morgan fingerprint density at radius 2 is 1.47 bits per heavy atom. The van der Waals surface area contributed by atoms with Gasteiger partial charge in [0.2, 0.25) is 0 Å². The lowest BCUT2D eigenvalue weighted by molar-refractivity contribution is 0.628. The number of hydrogen-bond acceptors (Lipinski definition) is 1. The second-order valence-electron chi connectivity index (χ2n) is 4.31. The molecule has 0 saturated heterocycles. The van der Waals surface area contributed by atoms with E-state index >= 15 is 0 Å². The molecule has 0 spiro atoms. The molecule has 0 fully saturated rings. The normalized spacial score (nSPS) is 10.4. The third-order valence-corrected chi connectivity index (χ3v) is 2.99. The first-order chi connectivity index (χ1) is 9.33. The van der Waals surface area contributed by atoms with Gasteiger partial charge in [-0.15, -0.1) is 0 Å². The van der Waals surface area contributed by atoms with Crippen molar-refractivity contribution in [3.63, 3.8) is 0 Å². The number of benzene rings is 2. The molecule has 2 heteroatoms. The summed E-state index contributed by atoms with van der Waals surface area (Å²) in [6, 6.07) is 20.4. The number of rotatable bonds is 2. The summed E-state index contributed by atoms with van der Waals surface area (Å²) in [6.07, 6.45) is 1.77. The fraction of sp³-hybridized carbons (Fsp3) is 0. The van der Waals surface area contributed by atoms with Gasteiger partial charge in [-0.05, 0) is 23.8 Å². The largest absolute Gasteiger partial charge is 0.256 e. The molecule has 2 aromatic carbocycles. The Kier molecular flexibility index (Phi) is 3.07. The highest BCUT2D eigenvalue weighted by atomic mass is 19.1. The van der Waals surface area contributed by atoms with Crippen LogP contribution in [-0.4, -0.2) is 4.98 Å². The van der Waals surface area contributed by atoms with E-state index in [0.717, 1.165) is 22.4 Å². The van der Waals surface area contributed by atoms with Gasteiger partial charge in [-0.25, -0.2) is 4.39 Å². The summed E-state index contributed by atoms with van der Waals surface area (Å²) in [7, 11) is 0. The molecule has 92 valence electrons. The van der Waals surface area contributed by atoms with Crippen LogP contribution in [0.25, 0.3) is 22.4 Å². The highest BCUT2D eigenvalue weighted by molar-refractivity contribution is 5.66. The second-order valence-corrected chi connectivity index (χ2v) is 4.31. The summed E-state index contributed by atoms with van der Waals surface area (Å²) in [5.41, 5.74) is 3.75. The zero-order valence-electron chi connectivity index (χ0n) is 10.3. The number of aromatic nitrogens is 1. The van der Waals surface area contributed by atoms with Gasteiger partial charge in [0.1, 0.15) is 5.82 Å². The molecule has 0 radical (unpaired) electrons. The fourth-order valence-electron chi connectivity index (χ4n) is 2.01. The summed E-state index contributed by atoms with van der Waals surface area (Å²) in [6.45, 7) is 0. The molecule has 0 bridgehead atoms. The molecule has 3 aromatic rings. The monoisotopic (exact) mass is 249 g/mol. The first-order valence-electron chi connectivity index (χ1n) is 6.10. The maximum atomic E-state index is 13.2. The molecule has 0 aliphatic rings. The standard InChI is InChI=1S/C17H12FN/c18-16-8-4-7-14(11-16)15-9-10-17(19-12-15)13-5-2-1-3-6-13/h1-12H. The lowest BCUT2D eigenvalue weighted by Crippen LogP contribution is -1.85. The topological polar surface area (TPSA) is 12.9 Å². The molecule has 19 heavy (non-hydrogen) atoms. The second kappa shape index (κ2) is 5.02. The minimum atomic E-state index is -0.232. The molecule has 0 amide bonds. The van der Waals surface area contributed by atoms with E-state index < -0.39 is 0 Å². The van der Waals surface area contributed by atoms with E-state index in [4.69, 9.17) is 0 Å². The predicted molar refractivity (Wildman–Crippen MR) is 75.1 cm³/mol. The predicted octanol–water partition coefficient (Wildman–Crippen LogP) is 4.55. The number of halogens is 1. The lowest BCUT2D eigenvalue weighted by Gasteiger charge is -2.04. The average Bonchev–Trinajstić information content (AvgIpc) is 2.48. The molecular formula is C17H12FN. The zero-order valence-corrected chi connectivity index (χ0v) is 10.3. The van der Waals surface area contributed by atoms with Gasteiger partial charge in [0.25, 0.3) is 0 Å². The van der Waals surface area contributed by atoms with Crippen LogP contribution in [0.4, 0.5) is 4.39 Å². The number of pyridine rings is 1. The van der Waals surface area contributed by atoms with E-state index in [-0.39, 0.29) is 5.82 Å². The molecule has 0 N–H and O–H groups in total. The Morgan fingerprint density at radius 3 is 2.16 bits per heavy atom. The van der Waals surface area contributed by atoms with Crippen molar-refractivity contribution in [3.05, 3.63) is 78.7 Å². The summed E-state index contributed by atoms with van der Waals surface area (Å²) >= 11 is 0. The van der Waals surface area contributed by atoms with Gasteiger partial charge in [-0.3, -0.25) is 4.98 Å². The van der Waals surface area contributed by atoms with Crippen LogP contribution in [0.15, 0.2) is 72.9 Å². The summed E-state index contributed by atoms with van der Waals surface area (Å²) in [5, 5.41) is 0. The Labute approximate surface area is 111 Å². The Balaban J connectivity index is 1.95. The molecular weight excluding hydrogens is 237 g/mol. The summed E-state index contributed by atoms with van der Waals surface area (Å²) in [4.78, 5) is 4.43. The van der Waals surface area contributed by atoms with Crippen molar-refractivity contribution in [2.24, 2.45) is 0 Å². The van der Waals surface area contributed by atoms with Crippen molar-refractivity contribution in [2.75, 3.05) is 0 Å². The van der Waals surface area contributed by atoms with Crippen LogP contribution in [0, 0.1) is 5.82 Å². The molecule has 0 aliphatic heterocycles. The SMILES string of the molecule is Fc1cccc(-c2ccc(-c3ccccc3)nc2)c1. The number of nitrogens with zero attached hydrogens (tertiary/aromatic N) is 1. The molecule has 3 rings (SSSR count). The van der Waals surface area contributed by atoms with Crippen molar-refractivity contribution in [3.8, 4) is 22.4 Å². The van der Waals surface area contributed by atoms with Crippen molar-refractivity contribution < 1.29 is 4.39 Å². The van der Waals surface area contributed by atoms with Crippen LogP contribution < -0.4 is 0 Å². The van der Waals surface area contributed by atoms with Crippen LogP contribution in [-0.2, 0) is 0 Å². The van der Waals surface area contributed by atoms with Gasteiger partial charge in [0.05, 0.1) is 5.69 Å². The summed E-state index contributed by atoms with van der Waals surface area (Å²) < 4.78 is 13.2. The quantitative estimate of drug-likeness (QED) is 0.649. The van der Waals surface area contributed by atoms with Gasteiger partial charge >= 0.3 is 0 Å². The smallest absolute Gasteiger partial charge is 0.123 e. The van der Waals surface area contributed by atoms with E-state index in [0.29, 0.717) is 0 Å². The molecule has 0 aliphatic carbocycles. The maximum Gasteiger partial charge on any atom is 0.123 e. The van der Waals surface area contributed by atoms with E-state index in [9.17, 15) is 4.39 Å². The zero-order chi connectivity index (χ0) is 13.1. The first-order valence-corrected chi connectivity index (χ1v) is 6.10. The van der Waals surface area contributed by atoms with E-state index in [1.807, 2.05) is 48.5 Å². The molecule has 0 unspecified atom stereocenters. The molecule has 1 heterocycles. The molecule has 1 aromatic heterocycles. The molecule has 0 saturated carbocycles. The van der Waals surface area contributed by atoms with E-state index in [2.05, 4.69) is 4.98 Å². The lowest BCUT2D eigenvalue weighted by atomic mass is 10.1. The van der Waals surface area contributed by atoms with Crippen molar-refractivity contribution in [2.45, 2.75) is 0 Å². The average molecular weight is 249 g/mol. The van der Waals surface area contributed by atoms with E-state index in [1.165, 1.54) is 12.1 Å². The molecule has 1 nitrogen and oxygen atoms in total. The van der Waals surface area contributed by atoms with Gasteiger partial charge < -0.3 is 0 Å². The van der Waals surface area contributed by atoms with Crippen LogP contribution in [0.3, 0.4) is 0 Å². The highest BCUT2D eigenvalue weighted by Crippen LogP contribution is 2.22.